The zero-order valence-electron chi connectivity index (χ0n) is 28.7. The minimum absolute atomic E-state index is 0.957. The molecular weight excluding hydrogens is 643 g/mol. The van der Waals surface area contributed by atoms with Gasteiger partial charge in [0, 0.05) is 28.6 Å². The van der Waals surface area contributed by atoms with Crippen LogP contribution >= 0.6 is 0 Å². The van der Waals surface area contributed by atoms with Crippen LogP contribution in [0.4, 0.5) is 17.1 Å². The van der Waals surface area contributed by atoms with Crippen LogP contribution in [0.15, 0.2) is 188 Å². The first-order chi connectivity index (χ1) is 26.3. The monoisotopic (exact) mass is 673 g/mol. The summed E-state index contributed by atoms with van der Waals surface area (Å²) in [4.78, 5) is 12.0. The summed E-state index contributed by atoms with van der Waals surface area (Å²) in [5, 5.41) is 7.16. The Morgan fingerprint density at radius 2 is 0.736 bits per heavy atom. The van der Waals surface area contributed by atoms with E-state index >= 15 is 0 Å². The molecule has 0 bridgehead atoms. The highest BCUT2D eigenvalue weighted by atomic mass is 15.2. The summed E-state index contributed by atoms with van der Waals surface area (Å²) in [5.74, 6) is 0. The maximum atomic E-state index is 4.77. The molecular formula is C50H31N3. The average Bonchev–Trinajstić information content (AvgIpc) is 3.56. The van der Waals surface area contributed by atoms with Gasteiger partial charge in [0.25, 0.3) is 0 Å². The van der Waals surface area contributed by atoms with Crippen LogP contribution in [0.3, 0.4) is 0 Å². The van der Waals surface area contributed by atoms with Crippen molar-refractivity contribution in [1.82, 2.24) is 9.97 Å². The second-order valence-electron chi connectivity index (χ2n) is 13.7. The fourth-order valence-corrected chi connectivity index (χ4v) is 8.73. The molecule has 10 aromatic rings. The third-order valence-electron chi connectivity index (χ3n) is 10.9. The van der Waals surface area contributed by atoms with Crippen molar-refractivity contribution in [3.05, 3.63) is 188 Å². The SMILES string of the molecule is c1ccc(-c2c3c(c(-c4ccccc4)c4ccccc24)-c2ccc(N(c4ccnc5ccccc45)c4ccnc5ccccc45)c4cccc-3c24)cc1. The first-order valence-electron chi connectivity index (χ1n) is 18.1. The van der Waals surface area contributed by atoms with Crippen molar-refractivity contribution in [2.24, 2.45) is 0 Å². The normalized spacial score (nSPS) is 11.8. The molecule has 0 unspecified atom stereocenters. The van der Waals surface area contributed by atoms with E-state index in [4.69, 9.17) is 9.97 Å². The van der Waals surface area contributed by atoms with E-state index in [0.29, 0.717) is 0 Å². The lowest BCUT2D eigenvalue weighted by atomic mass is 9.82. The number of benzene rings is 8. The van der Waals surface area contributed by atoms with E-state index in [9.17, 15) is 0 Å². The number of pyridine rings is 2. The fourth-order valence-electron chi connectivity index (χ4n) is 8.73. The zero-order chi connectivity index (χ0) is 34.9. The second kappa shape index (κ2) is 11.7. The summed E-state index contributed by atoms with van der Waals surface area (Å²) in [5.41, 5.74) is 15.3. The Hall–Kier alpha value is -7.10. The van der Waals surface area contributed by atoms with Gasteiger partial charge in [0.05, 0.1) is 28.1 Å². The van der Waals surface area contributed by atoms with Crippen molar-refractivity contribution in [2.75, 3.05) is 4.90 Å². The molecule has 2 aromatic heterocycles. The molecule has 53 heavy (non-hydrogen) atoms. The Kier molecular flexibility index (Phi) is 6.55. The quantitative estimate of drug-likeness (QED) is 0.182. The molecule has 0 saturated carbocycles. The smallest absolute Gasteiger partial charge is 0.0723 e. The standard InChI is InChI=1S/C50H31N3/c1-3-14-32(15-4-1)46-34-18-7-8-19-35(34)47(33-16-5-2-6-17-33)50-40-26-27-43(38-22-13-23-39(48(38)40)49(46)50)53(44-28-30-51-41-24-11-9-20-36(41)44)45-29-31-52-42-25-12-10-21-37(42)45/h1-31H. The Balaban J connectivity index is 1.28. The van der Waals surface area contributed by atoms with Gasteiger partial charge in [-0.15, -0.1) is 0 Å². The van der Waals surface area contributed by atoms with Gasteiger partial charge in [0.1, 0.15) is 0 Å². The number of fused-ring (bicyclic) bond motifs is 6. The molecule has 1 aliphatic rings. The molecule has 2 heterocycles. The van der Waals surface area contributed by atoms with E-state index in [1.54, 1.807) is 0 Å². The van der Waals surface area contributed by atoms with Gasteiger partial charge in [-0.3, -0.25) is 9.97 Å². The van der Waals surface area contributed by atoms with Crippen LogP contribution in [0, 0.1) is 0 Å². The van der Waals surface area contributed by atoms with Gasteiger partial charge in [-0.25, -0.2) is 0 Å². The molecule has 0 spiro atoms. The minimum atomic E-state index is 0.957. The topological polar surface area (TPSA) is 29.0 Å². The predicted octanol–water partition coefficient (Wildman–Crippen LogP) is 13.5. The maximum absolute atomic E-state index is 4.77. The lowest BCUT2D eigenvalue weighted by Gasteiger charge is -2.29. The number of para-hydroxylation sites is 2. The second-order valence-corrected chi connectivity index (χ2v) is 13.7. The van der Waals surface area contributed by atoms with E-state index in [1.807, 2.05) is 12.4 Å². The lowest BCUT2D eigenvalue weighted by molar-refractivity contribution is 1.29. The molecule has 11 rings (SSSR count). The van der Waals surface area contributed by atoms with Crippen LogP contribution in [0.5, 0.6) is 0 Å². The van der Waals surface area contributed by atoms with Crippen molar-refractivity contribution in [3.8, 4) is 44.5 Å². The van der Waals surface area contributed by atoms with Gasteiger partial charge in [-0.2, -0.15) is 0 Å². The van der Waals surface area contributed by atoms with Crippen molar-refractivity contribution in [3.63, 3.8) is 0 Å². The highest BCUT2D eigenvalue weighted by Crippen LogP contribution is 2.59. The summed E-state index contributed by atoms with van der Waals surface area (Å²) in [6, 6.07) is 63.4. The number of hydrogen-bond acceptors (Lipinski definition) is 3. The predicted molar refractivity (Wildman–Crippen MR) is 222 cm³/mol. The minimum Gasteiger partial charge on any atom is -0.308 e. The molecule has 0 N–H and O–H groups in total. The number of hydrogen-bond donors (Lipinski definition) is 0. The van der Waals surface area contributed by atoms with Crippen LogP contribution in [0.1, 0.15) is 0 Å². The summed E-state index contributed by atoms with van der Waals surface area (Å²) in [6.07, 6.45) is 3.85. The number of anilines is 3. The van der Waals surface area contributed by atoms with Crippen LogP contribution in [0.2, 0.25) is 0 Å². The van der Waals surface area contributed by atoms with Crippen LogP contribution < -0.4 is 4.90 Å². The molecule has 3 heteroatoms. The van der Waals surface area contributed by atoms with Gasteiger partial charge in [-0.05, 0) is 91.0 Å². The number of nitrogens with zero attached hydrogens (tertiary/aromatic N) is 3. The van der Waals surface area contributed by atoms with Gasteiger partial charge in [0.15, 0.2) is 0 Å². The highest BCUT2D eigenvalue weighted by Gasteiger charge is 2.32. The van der Waals surface area contributed by atoms with Gasteiger partial charge >= 0.3 is 0 Å². The molecule has 1 aliphatic carbocycles. The molecule has 0 atom stereocenters. The average molecular weight is 674 g/mol. The lowest BCUT2D eigenvalue weighted by Crippen LogP contribution is -2.12. The van der Waals surface area contributed by atoms with Crippen molar-refractivity contribution < 1.29 is 0 Å². The highest BCUT2D eigenvalue weighted by molar-refractivity contribution is 6.29. The third-order valence-corrected chi connectivity index (χ3v) is 10.9. The molecule has 3 nitrogen and oxygen atoms in total. The van der Waals surface area contributed by atoms with E-state index < -0.39 is 0 Å². The largest absolute Gasteiger partial charge is 0.308 e. The summed E-state index contributed by atoms with van der Waals surface area (Å²) < 4.78 is 0. The first-order valence-corrected chi connectivity index (χ1v) is 18.1. The molecule has 0 amide bonds. The number of rotatable bonds is 5. The Labute approximate surface area is 307 Å². The van der Waals surface area contributed by atoms with Crippen LogP contribution in [-0.4, -0.2) is 9.97 Å². The van der Waals surface area contributed by atoms with Crippen LogP contribution in [0.25, 0.3) is 87.9 Å². The van der Waals surface area contributed by atoms with Gasteiger partial charge < -0.3 is 4.90 Å². The Bertz CT molecular complexity index is 2880. The van der Waals surface area contributed by atoms with E-state index in [-0.39, 0.29) is 0 Å². The summed E-state index contributed by atoms with van der Waals surface area (Å²) in [6.45, 7) is 0. The van der Waals surface area contributed by atoms with E-state index in [1.165, 1.54) is 66.1 Å². The van der Waals surface area contributed by atoms with E-state index in [2.05, 4.69) is 181 Å². The Morgan fingerprint density at radius 3 is 1.28 bits per heavy atom. The summed E-state index contributed by atoms with van der Waals surface area (Å²) >= 11 is 0. The fraction of sp³-hybridized carbons (Fsp3) is 0. The molecule has 0 saturated heterocycles. The molecule has 0 radical (unpaired) electrons. The molecule has 246 valence electrons. The van der Waals surface area contributed by atoms with Gasteiger partial charge in [0.2, 0.25) is 0 Å². The summed E-state index contributed by atoms with van der Waals surface area (Å²) in [7, 11) is 0. The zero-order valence-corrected chi connectivity index (χ0v) is 28.7. The molecule has 0 fully saturated rings. The number of aromatic nitrogens is 2. The van der Waals surface area contributed by atoms with Crippen LogP contribution in [-0.2, 0) is 0 Å². The van der Waals surface area contributed by atoms with Crippen molar-refractivity contribution in [2.45, 2.75) is 0 Å². The third kappa shape index (κ3) is 4.41. The maximum Gasteiger partial charge on any atom is 0.0723 e. The van der Waals surface area contributed by atoms with Gasteiger partial charge in [-0.1, -0.05) is 146 Å². The first kappa shape index (κ1) is 29.6. The molecule has 8 aromatic carbocycles. The van der Waals surface area contributed by atoms with Crippen molar-refractivity contribution in [1.29, 1.82) is 0 Å². The van der Waals surface area contributed by atoms with Crippen molar-refractivity contribution >= 4 is 60.4 Å². The van der Waals surface area contributed by atoms with E-state index in [0.717, 1.165) is 38.9 Å². The Morgan fingerprint density at radius 1 is 0.302 bits per heavy atom. The molecule has 0 aliphatic heterocycles.